The highest BCUT2D eigenvalue weighted by Crippen LogP contribution is 2.33. The fourth-order valence-electron chi connectivity index (χ4n) is 1.91. The average molecular weight is 232 g/mol. The number of allylic oxidation sites excluding steroid dienone is 1. The van der Waals surface area contributed by atoms with Gasteiger partial charge in [-0.15, -0.1) is 11.3 Å². The van der Waals surface area contributed by atoms with Crippen LogP contribution in [0.5, 0.6) is 0 Å². The van der Waals surface area contributed by atoms with Crippen molar-refractivity contribution in [2.24, 2.45) is 0 Å². The summed E-state index contributed by atoms with van der Waals surface area (Å²) in [6.07, 6.45) is 4.88. The van der Waals surface area contributed by atoms with E-state index in [4.69, 9.17) is 9.15 Å². The predicted octanol–water partition coefficient (Wildman–Crippen LogP) is 3.89. The Balaban J connectivity index is 1.90. The first-order chi connectivity index (χ1) is 7.93. The molecular formula is C13H12O2S. The highest BCUT2D eigenvalue weighted by atomic mass is 32.1. The standard InChI is InChI=1S/C13H12O2S/c1-3-11(14-6-1)12-9-10(5-7-15-12)13-4-2-8-16-13/h1-4,6,8-10H,5,7H2. The van der Waals surface area contributed by atoms with Crippen LogP contribution in [0, 0.1) is 0 Å². The highest BCUT2D eigenvalue weighted by molar-refractivity contribution is 7.10. The highest BCUT2D eigenvalue weighted by Gasteiger charge is 2.19. The molecule has 82 valence electrons. The van der Waals surface area contributed by atoms with Gasteiger partial charge in [-0.1, -0.05) is 6.07 Å². The molecule has 0 saturated heterocycles. The molecule has 1 aliphatic heterocycles. The van der Waals surface area contributed by atoms with Crippen molar-refractivity contribution in [3.8, 4) is 0 Å². The lowest BCUT2D eigenvalue weighted by Gasteiger charge is -2.20. The first-order valence-electron chi connectivity index (χ1n) is 5.35. The van der Waals surface area contributed by atoms with Gasteiger partial charge in [0.05, 0.1) is 12.9 Å². The van der Waals surface area contributed by atoms with Crippen molar-refractivity contribution in [2.75, 3.05) is 6.61 Å². The summed E-state index contributed by atoms with van der Waals surface area (Å²) < 4.78 is 11.0. The molecule has 0 bridgehead atoms. The number of hydrogen-bond donors (Lipinski definition) is 0. The fraction of sp³-hybridized carbons (Fsp3) is 0.231. The molecule has 1 aliphatic rings. The Labute approximate surface area is 98.2 Å². The smallest absolute Gasteiger partial charge is 0.168 e. The second-order valence-corrected chi connectivity index (χ2v) is 4.75. The van der Waals surface area contributed by atoms with Crippen LogP contribution in [0.25, 0.3) is 5.76 Å². The van der Waals surface area contributed by atoms with E-state index < -0.39 is 0 Å². The third-order valence-corrected chi connectivity index (χ3v) is 3.72. The molecule has 0 radical (unpaired) electrons. The van der Waals surface area contributed by atoms with Crippen molar-refractivity contribution in [3.63, 3.8) is 0 Å². The fourth-order valence-corrected chi connectivity index (χ4v) is 2.74. The summed E-state index contributed by atoms with van der Waals surface area (Å²) >= 11 is 1.80. The lowest BCUT2D eigenvalue weighted by molar-refractivity contribution is 0.242. The maximum Gasteiger partial charge on any atom is 0.168 e. The Bertz CT molecular complexity index is 468. The van der Waals surface area contributed by atoms with Gasteiger partial charge in [0.25, 0.3) is 0 Å². The summed E-state index contributed by atoms with van der Waals surface area (Å²) in [6, 6.07) is 8.09. The normalized spacial score (nSPS) is 20.2. The molecule has 0 spiro atoms. The number of hydrogen-bond acceptors (Lipinski definition) is 3. The molecule has 0 N–H and O–H groups in total. The van der Waals surface area contributed by atoms with Crippen molar-refractivity contribution in [3.05, 3.63) is 52.6 Å². The van der Waals surface area contributed by atoms with Crippen LogP contribution in [0.15, 0.2) is 46.4 Å². The van der Waals surface area contributed by atoms with Crippen LogP contribution in [0.2, 0.25) is 0 Å². The van der Waals surface area contributed by atoms with Crippen molar-refractivity contribution in [2.45, 2.75) is 12.3 Å². The summed E-state index contributed by atoms with van der Waals surface area (Å²) in [5.74, 6) is 2.16. The van der Waals surface area contributed by atoms with E-state index in [0.717, 1.165) is 24.5 Å². The Morgan fingerprint density at radius 1 is 1.25 bits per heavy atom. The van der Waals surface area contributed by atoms with Gasteiger partial charge in [-0.3, -0.25) is 0 Å². The Morgan fingerprint density at radius 2 is 2.25 bits per heavy atom. The maximum atomic E-state index is 5.62. The van der Waals surface area contributed by atoms with Gasteiger partial charge < -0.3 is 9.15 Å². The zero-order valence-electron chi connectivity index (χ0n) is 8.76. The van der Waals surface area contributed by atoms with E-state index >= 15 is 0 Å². The molecular weight excluding hydrogens is 220 g/mol. The summed E-state index contributed by atoms with van der Waals surface area (Å²) in [5.41, 5.74) is 0. The van der Waals surface area contributed by atoms with Crippen LogP contribution in [0.4, 0.5) is 0 Å². The number of furan rings is 1. The number of ether oxygens (including phenoxy) is 1. The number of rotatable bonds is 2. The summed E-state index contributed by atoms with van der Waals surface area (Å²) in [7, 11) is 0. The average Bonchev–Trinajstić information content (AvgIpc) is 3.03. The Kier molecular flexibility index (Phi) is 2.54. The van der Waals surface area contributed by atoms with Gasteiger partial charge in [0, 0.05) is 10.8 Å². The van der Waals surface area contributed by atoms with E-state index in [1.165, 1.54) is 4.88 Å². The predicted molar refractivity (Wildman–Crippen MR) is 64.3 cm³/mol. The van der Waals surface area contributed by atoms with Gasteiger partial charge >= 0.3 is 0 Å². The molecule has 3 heteroatoms. The van der Waals surface area contributed by atoms with Crippen LogP contribution < -0.4 is 0 Å². The van der Waals surface area contributed by atoms with Crippen LogP contribution >= 0.6 is 11.3 Å². The van der Waals surface area contributed by atoms with Gasteiger partial charge in [0.1, 0.15) is 0 Å². The van der Waals surface area contributed by atoms with Crippen LogP contribution in [-0.2, 0) is 4.74 Å². The van der Waals surface area contributed by atoms with Crippen LogP contribution in [0.1, 0.15) is 23.0 Å². The molecule has 0 aromatic carbocycles. The van der Waals surface area contributed by atoms with Gasteiger partial charge in [0.2, 0.25) is 0 Å². The largest absolute Gasteiger partial charge is 0.490 e. The van der Waals surface area contributed by atoms with E-state index in [1.807, 2.05) is 12.1 Å². The minimum atomic E-state index is 0.467. The first-order valence-corrected chi connectivity index (χ1v) is 6.23. The Hall–Kier alpha value is -1.48. The molecule has 0 saturated carbocycles. The Morgan fingerprint density at radius 3 is 3.00 bits per heavy atom. The minimum Gasteiger partial charge on any atom is -0.490 e. The monoisotopic (exact) mass is 232 g/mol. The van der Waals surface area contributed by atoms with Crippen molar-refractivity contribution in [1.29, 1.82) is 0 Å². The molecule has 2 aromatic heterocycles. The zero-order valence-corrected chi connectivity index (χ0v) is 9.57. The van der Waals surface area contributed by atoms with E-state index in [1.54, 1.807) is 17.6 Å². The topological polar surface area (TPSA) is 22.4 Å². The summed E-state index contributed by atoms with van der Waals surface area (Å²) in [5, 5.41) is 2.12. The molecule has 2 nitrogen and oxygen atoms in total. The summed E-state index contributed by atoms with van der Waals surface area (Å²) in [6.45, 7) is 0.759. The second kappa shape index (κ2) is 4.18. The van der Waals surface area contributed by atoms with Gasteiger partial charge in [-0.05, 0) is 36.1 Å². The third kappa shape index (κ3) is 1.78. The molecule has 0 amide bonds. The zero-order chi connectivity index (χ0) is 10.8. The van der Waals surface area contributed by atoms with Gasteiger partial charge in [-0.2, -0.15) is 0 Å². The molecule has 2 aromatic rings. The molecule has 1 atom stereocenters. The van der Waals surface area contributed by atoms with Gasteiger partial charge in [-0.25, -0.2) is 0 Å². The molecule has 3 heterocycles. The van der Waals surface area contributed by atoms with Crippen LogP contribution in [-0.4, -0.2) is 6.61 Å². The van der Waals surface area contributed by atoms with Gasteiger partial charge in [0.15, 0.2) is 11.5 Å². The quantitative estimate of drug-likeness (QED) is 0.783. The van der Waals surface area contributed by atoms with Crippen LogP contribution in [0.3, 0.4) is 0 Å². The summed E-state index contributed by atoms with van der Waals surface area (Å²) in [4.78, 5) is 1.40. The molecule has 3 rings (SSSR count). The van der Waals surface area contributed by atoms with Crippen molar-refractivity contribution in [1.82, 2.24) is 0 Å². The van der Waals surface area contributed by atoms with E-state index in [0.29, 0.717) is 5.92 Å². The SMILES string of the molecule is C1=C(c2ccco2)OCCC1c1cccs1. The lowest BCUT2D eigenvalue weighted by atomic mass is 10.0. The van der Waals surface area contributed by atoms with E-state index in [-0.39, 0.29) is 0 Å². The van der Waals surface area contributed by atoms with E-state index in [9.17, 15) is 0 Å². The van der Waals surface area contributed by atoms with Crippen molar-refractivity contribution >= 4 is 17.1 Å². The molecule has 0 aliphatic carbocycles. The lowest BCUT2D eigenvalue weighted by Crippen LogP contribution is -2.07. The minimum absolute atomic E-state index is 0.467. The molecule has 16 heavy (non-hydrogen) atoms. The number of thiophene rings is 1. The second-order valence-electron chi connectivity index (χ2n) is 3.77. The van der Waals surface area contributed by atoms with E-state index in [2.05, 4.69) is 23.6 Å². The third-order valence-electron chi connectivity index (χ3n) is 2.71. The van der Waals surface area contributed by atoms with Crippen molar-refractivity contribution < 1.29 is 9.15 Å². The first kappa shape index (κ1) is 9.73. The molecule has 0 fully saturated rings. The molecule has 1 unspecified atom stereocenters. The maximum absolute atomic E-state index is 5.62.